The van der Waals surface area contributed by atoms with Gasteiger partial charge in [0.1, 0.15) is 10.6 Å². The van der Waals surface area contributed by atoms with Gasteiger partial charge in [0.15, 0.2) is 0 Å². The Bertz CT molecular complexity index is 635. The molecule has 3 N–H and O–H groups in total. The van der Waals surface area contributed by atoms with Crippen molar-refractivity contribution in [1.29, 1.82) is 0 Å². The number of H-pyrrole nitrogens is 1. The monoisotopic (exact) mass is 302 g/mol. The molecule has 0 unspecified atom stereocenters. The van der Waals surface area contributed by atoms with Crippen LogP contribution in [0.1, 0.15) is 34.6 Å². The fourth-order valence-electron chi connectivity index (χ4n) is 2.76. The maximum absolute atomic E-state index is 12.7. The minimum Gasteiger partial charge on any atom is -0.477 e. The fraction of sp³-hybridized carbons (Fsp3) is 0.583. The summed E-state index contributed by atoms with van der Waals surface area (Å²) in [6.07, 6.45) is 1.31. The summed E-state index contributed by atoms with van der Waals surface area (Å²) in [6, 6.07) is -0.429. The van der Waals surface area contributed by atoms with Gasteiger partial charge in [0, 0.05) is 23.8 Å². The molecular weight excluding hydrogens is 284 g/mol. The lowest BCUT2D eigenvalue weighted by molar-refractivity contribution is 0.0690. The molecule has 1 aliphatic rings. The van der Waals surface area contributed by atoms with Crippen LogP contribution in [0.4, 0.5) is 0 Å². The van der Waals surface area contributed by atoms with Crippen molar-refractivity contribution in [3.63, 3.8) is 0 Å². The summed E-state index contributed by atoms with van der Waals surface area (Å²) in [5.41, 5.74) is 0.405. The molecule has 1 aromatic rings. The first kappa shape index (κ1) is 15.0. The van der Waals surface area contributed by atoms with Crippen LogP contribution in [-0.2, 0) is 10.0 Å². The lowest BCUT2D eigenvalue weighted by Crippen LogP contribution is -2.38. The van der Waals surface area contributed by atoms with Gasteiger partial charge < -0.3 is 15.2 Å². The Balaban J connectivity index is 2.53. The van der Waals surface area contributed by atoms with Crippen molar-refractivity contribution in [2.24, 2.45) is 0 Å². The molecule has 0 bridgehead atoms. The van der Waals surface area contributed by atoms with Crippen molar-refractivity contribution in [3.05, 3.63) is 17.0 Å². The van der Waals surface area contributed by atoms with Crippen molar-refractivity contribution in [3.8, 4) is 0 Å². The third-order valence-electron chi connectivity index (χ3n) is 3.68. The normalized spacial score (nSPS) is 20.4. The number of carbonyl (C=O) groups is 1. The Morgan fingerprint density at radius 2 is 2.10 bits per heavy atom. The molecule has 112 valence electrons. The van der Waals surface area contributed by atoms with E-state index in [9.17, 15) is 18.3 Å². The number of nitrogens with one attached hydrogen (secondary N) is 1. The smallest absolute Gasteiger partial charge is 0.352 e. The maximum Gasteiger partial charge on any atom is 0.352 e. The number of carboxylic acid groups (broad SMARTS) is 1. The van der Waals surface area contributed by atoms with E-state index in [1.807, 2.05) is 0 Å². The standard InChI is InChI=1S/C12H18N2O5S/c1-7-10(12(16)17)13-8(2)11(7)20(18,19)14-5-3-4-9(14)6-15/h9,13,15H,3-6H2,1-2H3,(H,16,17)/t9-/m1/s1. The van der Waals surface area contributed by atoms with Gasteiger partial charge in [-0.2, -0.15) is 4.31 Å². The van der Waals surface area contributed by atoms with Gasteiger partial charge in [0.2, 0.25) is 10.0 Å². The largest absolute Gasteiger partial charge is 0.477 e. The highest BCUT2D eigenvalue weighted by Crippen LogP contribution is 2.31. The lowest BCUT2D eigenvalue weighted by atomic mass is 10.2. The Hall–Kier alpha value is -1.38. The predicted molar refractivity (Wildman–Crippen MR) is 71.2 cm³/mol. The molecule has 1 saturated heterocycles. The van der Waals surface area contributed by atoms with Crippen LogP contribution >= 0.6 is 0 Å². The summed E-state index contributed by atoms with van der Waals surface area (Å²) >= 11 is 0. The van der Waals surface area contributed by atoms with E-state index in [-0.39, 0.29) is 22.8 Å². The van der Waals surface area contributed by atoms with Crippen LogP contribution in [0.5, 0.6) is 0 Å². The second-order valence-electron chi connectivity index (χ2n) is 4.98. The van der Waals surface area contributed by atoms with Crippen LogP contribution in [-0.4, -0.2) is 53.1 Å². The molecule has 2 heterocycles. The maximum atomic E-state index is 12.7. The van der Waals surface area contributed by atoms with Crippen LogP contribution in [0.3, 0.4) is 0 Å². The van der Waals surface area contributed by atoms with Crippen LogP contribution in [0, 0.1) is 13.8 Å². The number of rotatable bonds is 4. The molecule has 1 aromatic heterocycles. The fourth-order valence-corrected chi connectivity index (χ4v) is 4.85. The zero-order valence-corrected chi connectivity index (χ0v) is 12.2. The van der Waals surface area contributed by atoms with E-state index in [4.69, 9.17) is 5.11 Å². The molecule has 0 radical (unpaired) electrons. The first-order chi connectivity index (χ1) is 9.30. The Labute approximate surface area is 117 Å². The third-order valence-corrected chi connectivity index (χ3v) is 5.91. The number of aliphatic hydroxyl groups excluding tert-OH is 1. The number of hydrogen-bond acceptors (Lipinski definition) is 4. The number of nitrogens with zero attached hydrogens (tertiary/aromatic N) is 1. The summed E-state index contributed by atoms with van der Waals surface area (Å²) in [6.45, 7) is 3.13. The van der Waals surface area contributed by atoms with Crippen molar-refractivity contribution >= 4 is 16.0 Å². The van der Waals surface area contributed by atoms with E-state index in [1.165, 1.54) is 18.2 Å². The van der Waals surface area contributed by atoms with E-state index >= 15 is 0 Å². The van der Waals surface area contributed by atoms with Gasteiger partial charge in [-0.3, -0.25) is 0 Å². The van der Waals surface area contributed by atoms with Gasteiger partial charge in [0.05, 0.1) is 6.61 Å². The van der Waals surface area contributed by atoms with Crippen LogP contribution in [0.2, 0.25) is 0 Å². The molecule has 0 aliphatic carbocycles. The molecular formula is C12H18N2O5S. The highest BCUT2D eigenvalue weighted by molar-refractivity contribution is 7.89. The summed E-state index contributed by atoms with van der Waals surface area (Å²) in [7, 11) is -3.80. The van der Waals surface area contributed by atoms with E-state index in [2.05, 4.69) is 4.98 Å². The van der Waals surface area contributed by atoms with Gasteiger partial charge in [-0.25, -0.2) is 13.2 Å². The molecule has 20 heavy (non-hydrogen) atoms. The quantitative estimate of drug-likeness (QED) is 0.749. The molecule has 0 aromatic carbocycles. The molecule has 2 rings (SSSR count). The number of aryl methyl sites for hydroxylation is 1. The number of aromatic amines is 1. The molecule has 1 fully saturated rings. The number of aromatic carboxylic acids is 1. The Morgan fingerprint density at radius 1 is 1.45 bits per heavy atom. The SMILES string of the molecule is Cc1[nH]c(C(=O)O)c(C)c1S(=O)(=O)N1CCC[C@@H]1CO. The molecule has 0 spiro atoms. The average molecular weight is 302 g/mol. The molecule has 1 aliphatic heterocycles. The zero-order chi connectivity index (χ0) is 15.1. The highest BCUT2D eigenvalue weighted by atomic mass is 32.2. The van der Waals surface area contributed by atoms with E-state index in [0.29, 0.717) is 25.1 Å². The number of carboxylic acids is 1. The zero-order valence-electron chi connectivity index (χ0n) is 11.4. The molecule has 0 saturated carbocycles. The second kappa shape index (κ2) is 5.19. The van der Waals surface area contributed by atoms with Gasteiger partial charge in [-0.15, -0.1) is 0 Å². The molecule has 0 amide bonds. The number of aliphatic hydroxyl groups is 1. The minimum atomic E-state index is -3.80. The Morgan fingerprint density at radius 3 is 2.60 bits per heavy atom. The summed E-state index contributed by atoms with van der Waals surface area (Å²) in [5, 5.41) is 18.3. The molecule has 8 heteroatoms. The summed E-state index contributed by atoms with van der Waals surface area (Å²) in [4.78, 5) is 13.7. The van der Waals surface area contributed by atoms with Crippen molar-refractivity contribution in [1.82, 2.24) is 9.29 Å². The first-order valence-electron chi connectivity index (χ1n) is 6.35. The third kappa shape index (κ3) is 2.23. The molecule has 7 nitrogen and oxygen atoms in total. The number of sulfonamides is 1. The van der Waals surface area contributed by atoms with Crippen molar-refractivity contribution < 1.29 is 23.4 Å². The van der Waals surface area contributed by atoms with Crippen LogP contribution < -0.4 is 0 Å². The summed E-state index contributed by atoms with van der Waals surface area (Å²) < 4.78 is 26.6. The highest BCUT2D eigenvalue weighted by Gasteiger charge is 2.38. The van der Waals surface area contributed by atoms with Gasteiger partial charge >= 0.3 is 5.97 Å². The van der Waals surface area contributed by atoms with Crippen molar-refractivity contribution in [2.75, 3.05) is 13.2 Å². The predicted octanol–water partition coefficient (Wildman–Crippen LogP) is 0.475. The summed E-state index contributed by atoms with van der Waals surface area (Å²) in [5.74, 6) is -1.19. The lowest BCUT2D eigenvalue weighted by Gasteiger charge is -2.22. The Kier molecular flexibility index (Phi) is 3.90. The number of hydrogen-bond donors (Lipinski definition) is 3. The van der Waals surface area contributed by atoms with Gasteiger partial charge in [-0.1, -0.05) is 0 Å². The topological polar surface area (TPSA) is 111 Å². The van der Waals surface area contributed by atoms with E-state index in [0.717, 1.165) is 0 Å². The first-order valence-corrected chi connectivity index (χ1v) is 7.79. The van der Waals surface area contributed by atoms with E-state index in [1.54, 1.807) is 0 Å². The second-order valence-corrected chi connectivity index (χ2v) is 6.81. The minimum absolute atomic E-state index is 0.00949. The van der Waals surface area contributed by atoms with Gasteiger partial charge in [0.25, 0.3) is 0 Å². The van der Waals surface area contributed by atoms with Crippen LogP contribution in [0.15, 0.2) is 4.90 Å². The average Bonchev–Trinajstić information content (AvgIpc) is 2.93. The van der Waals surface area contributed by atoms with Crippen LogP contribution in [0.25, 0.3) is 0 Å². The van der Waals surface area contributed by atoms with Crippen molar-refractivity contribution in [2.45, 2.75) is 37.6 Å². The van der Waals surface area contributed by atoms with Gasteiger partial charge in [-0.05, 0) is 26.7 Å². The number of aromatic nitrogens is 1. The van der Waals surface area contributed by atoms with E-state index < -0.39 is 22.0 Å². The molecule has 1 atom stereocenters.